The molecule has 0 saturated heterocycles. The predicted octanol–water partition coefficient (Wildman–Crippen LogP) is 4.36. The molecule has 2 N–H and O–H groups in total. The molecular formula is C15H14ClFN2O. The second-order valence-electron chi connectivity index (χ2n) is 4.33. The number of rotatable bonds is 3. The first kappa shape index (κ1) is 14.3. The number of anilines is 1. The van der Waals surface area contributed by atoms with Gasteiger partial charge in [-0.15, -0.1) is 0 Å². The third-order valence-corrected chi connectivity index (χ3v) is 3.14. The van der Waals surface area contributed by atoms with Crippen LogP contribution in [0, 0.1) is 5.82 Å². The summed E-state index contributed by atoms with van der Waals surface area (Å²) >= 11 is 5.65. The number of carbonyl (C=O) groups is 1. The van der Waals surface area contributed by atoms with Crippen molar-refractivity contribution in [2.24, 2.45) is 0 Å². The standard InChI is InChI=1S/C15H14ClFN2O/c1-10(11-6-3-2-4-7-11)18-15(20)19-13-9-5-8-12(16)14(13)17/h2-10H,1H3,(H2,18,19,20). The van der Waals surface area contributed by atoms with Gasteiger partial charge in [0.1, 0.15) is 0 Å². The Bertz CT molecular complexity index is 604. The van der Waals surface area contributed by atoms with Gasteiger partial charge < -0.3 is 10.6 Å². The van der Waals surface area contributed by atoms with Gasteiger partial charge in [-0.3, -0.25) is 0 Å². The summed E-state index contributed by atoms with van der Waals surface area (Å²) in [7, 11) is 0. The van der Waals surface area contributed by atoms with Gasteiger partial charge in [-0.05, 0) is 24.6 Å². The molecule has 20 heavy (non-hydrogen) atoms. The lowest BCUT2D eigenvalue weighted by Crippen LogP contribution is -2.31. The molecule has 0 heterocycles. The van der Waals surface area contributed by atoms with Gasteiger partial charge in [0.15, 0.2) is 5.82 Å². The lowest BCUT2D eigenvalue weighted by atomic mass is 10.1. The van der Waals surface area contributed by atoms with Gasteiger partial charge in [0.05, 0.1) is 16.8 Å². The summed E-state index contributed by atoms with van der Waals surface area (Å²) in [5.41, 5.74) is 1.02. The van der Waals surface area contributed by atoms with Crippen LogP contribution in [0.4, 0.5) is 14.9 Å². The first-order valence-corrected chi connectivity index (χ1v) is 6.52. The molecule has 5 heteroatoms. The minimum Gasteiger partial charge on any atom is -0.331 e. The van der Waals surface area contributed by atoms with Crippen molar-refractivity contribution < 1.29 is 9.18 Å². The van der Waals surface area contributed by atoms with E-state index in [-0.39, 0.29) is 16.8 Å². The van der Waals surface area contributed by atoms with Gasteiger partial charge in [0.25, 0.3) is 0 Å². The highest BCUT2D eigenvalue weighted by atomic mass is 35.5. The van der Waals surface area contributed by atoms with Crippen LogP contribution in [0.2, 0.25) is 5.02 Å². The highest BCUT2D eigenvalue weighted by Gasteiger charge is 2.12. The Balaban J connectivity index is 2.01. The third kappa shape index (κ3) is 3.48. The van der Waals surface area contributed by atoms with E-state index >= 15 is 0 Å². The molecule has 0 fully saturated rings. The van der Waals surface area contributed by atoms with E-state index in [2.05, 4.69) is 10.6 Å². The fraction of sp³-hybridized carbons (Fsp3) is 0.133. The average Bonchev–Trinajstić information content (AvgIpc) is 2.45. The first-order chi connectivity index (χ1) is 9.58. The molecule has 104 valence electrons. The Kier molecular flexibility index (Phi) is 4.58. The molecule has 0 saturated carbocycles. The van der Waals surface area contributed by atoms with Crippen molar-refractivity contribution in [3.8, 4) is 0 Å². The van der Waals surface area contributed by atoms with Crippen LogP contribution < -0.4 is 10.6 Å². The maximum atomic E-state index is 13.6. The Labute approximate surface area is 121 Å². The quantitative estimate of drug-likeness (QED) is 0.867. The SMILES string of the molecule is CC(NC(=O)Nc1cccc(Cl)c1F)c1ccccc1. The Morgan fingerprint density at radius 2 is 1.85 bits per heavy atom. The zero-order valence-corrected chi connectivity index (χ0v) is 11.6. The number of urea groups is 1. The fourth-order valence-corrected chi connectivity index (χ4v) is 1.95. The van der Waals surface area contributed by atoms with E-state index < -0.39 is 11.8 Å². The number of hydrogen-bond acceptors (Lipinski definition) is 1. The summed E-state index contributed by atoms with van der Waals surface area (Å²) in [5.74, 6) is -0.642. The van der Waals surface area contributed by atoms with Crippen LogP contribution in [-0.4, -0.2) is 6.03 Å². The molecule has 2 aromatic carbocycles. The van der Waals surface area contributed by atoms with E-state index in [4.69, 9.17) is 11.6 Å². The van der Waals surface area contributed by atoms with Crippen molar-refractivity contribution in [1.29, 1.82) is 0 Å². The largest absolute Gasteiger partial charge is 0.331 e. The van der Waals surface area contributed by atoms with Crippen LogP contribution in [0.25, 0.3) is 0 Å². The summed E-state index contributed by atoms with van der Waals surface area (Å²) in [6.07, 6.45) is 0. The number of nitrogens with one attached hydrogen (secondary N) is 2. The molecule has 2 rings (SSSR count). The van der Waals surface area contributed by atoms with Crippen LogP contribution in [-0.2, 0) is 0 Å². The Hall–Kier alpha value is -2.07. The van der Waals surface area contributed by atoms with Crippen LogP contribution in [0.15, 0.2) is 48.5 Å². The molecule has 0 aliphatic carbocycles. The molecule has 3 nitrogen and oxygen atoms in total. The maximum Gasteiger partial charge on any atom is 0.319 e. The van der Waals surface area contributed by atoms with Gasteiger partial charge in [-0.25, -0.2) is 9.18 Å². The van der Waals surface area contributed by atoms with Crippen LogP contribution in [0.5, 0.6) is 0 Å². The van der Waals surface area contributed by atoms with E-state index in [1.54, 1.807) is 6.07 Å². The zero-order valence-electron chi connectivity index (χ0n) is 10.9. The van der Waals surface area contributed by atoms with E-state index in [1.807, 2.05) is 37.3 Å². The van der Waals surface area contributed by atoms with Crippen LogP contribution in [0.3, 0.4) is 0 Å². The highest BCUT2D eigenvalue weighted by molar-refractivity contribution is 6.31. The van der Waals surface area contributed by atoms with E-state index in [0.717, 1.165) is 5.56 Å². The molecule has 0 radical (unpaired) electrons. The number of benzene rings is 2. The van der Waals surface area contributed by atoms with Crippen LogP contribution in [0.1, 0.15) is 18.5 Å². The normalized spacial score (nSPS) is 11.8. The molecule has 0 aromatic heterocycles. The predicted molar refractivity (Wildman–Crippen MR) is 78.4 cm³/mol. The monoisotopic (exact) mass is 292 g/mol. The molecule has 0 bridgehead atoms. The van der Waals surface area contributed by atoms with E-state index in [1.165, 1.54) is 12.1 Å². The summed E-state index contributed by atoms with van der Waals surface area (Å²) < 4.78 is 13.6. The number of amides is 2. The molecule has 2 amide bonds. The molecular weight excluding hydrogens is 279 g/mol. The van der Waals surface area contributed by atoms with Crippen molar-refractivity contribution >= 4 is 23.3 Å². The molecule has 1 unspecified atom stereocenters. The van der Waals surface area contributed by atoms with Gasteiger partial charge >= 0.3 is 6.03 Å². The molecule has 2 aromatic rings. The topological polar surface area (TPSA) is 41.1 Å². The van der Waals surface area contributed by atoms with Crippen molar-refractivity contribution in [3.05, 3.63) is 64.9 Å². The number of hydrogen-bond donors (Lipinski definition) is 2. The highest BCUT2D eigenvalue weighted by Crippen LogP contribution is 2.22. The molecule has 0 aliphatic heterocycles. The summed E-state index contributed by atoms with van der Waals surface area (Å²) in [4.78, 5) is 11.8. The summed E-state index contributed by atoms with van der Waals surface area (Å²) in [6, 6.07) is 13.3. The van der Waals surface area contributed by atoms with Gasteiger partial charge in [0.2, 0.25) is 0 Å². The molecule has 1 atom stereocenters. The van der Waals surface area contributed by atoms with Crippen molar-refractivity contribution in [1.82, 2.24) is 5.32 Å². The zero-order chi connectivity index (χ0) is 14.5. The van der Waals surface area contributed by atoms with Gasteiger partial charge in [-0.2, -0.15) is 0 Å². The number of halogens is 2. The van der Waals surface area contributed by atoms with E-state index in [0.29, 0.717) is 0 Å². The smallest absolute Gasteiger partial charge is 0.319 e. The minimum absolute atomic E-state index is 0.0288. The lowest BCUT2D eigenvalue weighted by molar-refractivity contribution is 0.249. The van der Waals surface area contributed by atoms with Crippen molar-refractivity contribution in [2.45, 2.75) is 13.0 Å². The Morgan fingerprint density at radius 3 is 2.55 bits per heavy atom. The van der Waals surface area contributed by atoms with Crippen molar-refractivity contribution in [3.63, 3.8) is 0 Å². The third-order valence-electron chi connectivity index (χ3n) is 2.85. The second-order valence-corrected chi connectivity index (χ2v) is 4.74. The first-order valence-electron chi connectivity index (χ1n) is 6.14. The van der Waals surface area contributed by atoms with E-state index in [9.17, 15) is 9.18 Å². The minimum atomic E-state index is -0.642. The number of carbonyl (C=O) groups excluding carboxylic acids is 1. The summed E-state index contributed by atoms with van der Waals surface area (Å²) in [6.45, 7) is 1.85. The summed E-state index contributed by atoms with van der Waals surface area (Å²) in [5, 5.41) is 5.14. The van der Waals surface area contributed by atoms with Gasteiger partial charge in [-0.1, -0.05) is 48.0 Å². The van der Waals surface area contributed by atoms with Crippen LogP contribution >= 0.6 is 11.6 Å². The molecule has 0 aliphatic rings. The lowest BCUT2D eigenvalue weighted by Gasteiger charge is -2.15. The van der Waals surface area contributed by atoms with Gasteiger partial charge in [0, 0.05) is 0 Å². The maximum absolute atomic E-state index is 13.6. The van der Waals surface area contributed by atoms with Crippen molar-refractivity contribution in [2.75, 3.05) is 5.32 Å². The Morgan fingerprint density at radius 1 is 1.15 bits per heavy atom. The second kappa shape index (κ2) is 6.39. The molecule has 0 spiro atoms. The average molecular weight is 293 g/mol. The fourth-order valence-electron chi connectivity index (χ4n) is 1.78.